The average Bonchev–Trinajstić information content (AvgIpc) is 2.42. The Morgan fingerprint density at radius 1 is 1.20 bits per heavy atom. The fraction of sp³-hybridized carbons (Fsp3) is 0.263. The zero-order valence-corrected chi connectivity index (χ0v) is 12.8. The standard InChI is InChI=1S/C19H23F/c1-7-16-10-8-9-11-17(16)15(6)19(20)18(14(4)5)12-13(2)3/h7-12,14H,1,6H2,2-5H3/b19-18+. The molecule has 0 saturated heterocycles. The van der Waals surface area contributed by atoms with Gasteiger partial charge in [-0.25, -0.2) is 4.39 Å². The lowest BCUT2D eigenvalue weighted by Crippen LogP contribution is -1.98. The molecule has 0 atom stereocenters. The summed E-state index contributed by atoms with van der Waals surface area (Å²) in [7, 11) is 0. The van der Waals surface area contributed by atoms with Gasteiger partial charge in [-0.05, 0) is 36.5 Å². The van der Waals surface area contributed by atoms with Crippen molar-refractivity contribution in [3.05, 3.63) is 71.6 Å². The second kappa shape index (κ2) is 7.04. The Balaban J connectivity index is 3.37. The molecule has 0 heterocycles. The van der Waals surface area contributed by atoms with Crippen molar-refractivity contribution in [3.63, 3.8) is 0 Å². The molecule has 0 aliphatic carbocycles. The van der Waals surface area contributed by atoms with Gasteiger partial charge in [-0.2, -0.15) is 0 Å². The summed E-state index contributed by atoms with van der Waals surface area (Å²) >= 11 is 0. The molecule has 0 radical (unpaired) electrons. The van der Waals surface area contributed by atoms with Crippen LogP contribution in [0, 0.1) is 5.92 Å². The molecular weight excluding hydrogens is 247 g/mol. The van der Waals surface area contributed by atoms with Gasteiger partial charge in [-0.1, -0.05) is 69.0 Å². The minimum Gasteiger partial charge on any atom is -0.206 e. The summed E-state index contributed by atoms with van der Waals surface area (Å²) in [6.45, 7) is 15.6. The minimum atomic E-state index is -0.240. The van der Waals surface area contributed by atoms with Crippen molar-refractivity contribution in [2.45, 2.75) is 27.7 Å². The van der Waals surface area contributed by atoms with E-state index in [2.05, 4.69) is 13.2 Å². The van der Waals surface area contributed by atoms with Gasteiger partial charge < -0.3 is 0 Å². The summed E-state index contributed by atoms with van der Waals surface area (Å²) in [4.78, 5) is 0. The number of allylic oxidation sites excluding steroid dienone is 5. The quantitative estimate of drug-likeness (QED) is 0.560. The highest BCUT2D eigenvalue weighted by molar-refractivity contribution is 5.81. The van der Waals surface area contributed by atoms with Crippen LogP contribution in [-0.4, -0.2) is 0 Å². The van der Waals surface area contributed by atoms with Gasteiger partial charge in [-0.3, -0.25) is 0 Å². The van der Waals surface area contributed by atoms with E-state index in [0.717, 1.165) is 16.7 Å². The summed E-state index contributed by atoms with van der Waals surface area (Å²) in [5.41, 5.74) is 3.87. The van der Waals surface area contributed by atoms with E-state index in [-0.39, 0.29) is 11.7 Å². The van der Waals surface area contributed by atoms with Crippen LogP contribution < -0.4 is 0 Å². The molecule has 1 aromatic rings. The Morgan fingerprint density at radius 2 is 1.80 bits per heavy atom. The molecule has 0 nitrogen and oxygen atoms in total. The normalized spacial score (nSPS) is 11.9. The van der Waals surface area contributed by atoms with Gasteiger partial charge in [0.2, 0.25) is 0 Å². The van der Waals surface area contributed by atoms with E-state index in [4.69, 9.17) is 0 Å². The highest BCUT2D eigenvalue weighted by Gasteiger charge is 2.14. The molecule has 0 N–H and O–H groups in total. The van der Waals surface area contributed by atoms with Crippen LogP contribution in [0.3, 0.4) is 0 Å². The largest absolute Gasteiger partial charge is 0.206 e. The van der Waals surface area contributed by atoms with E-state index >= 15 is 0 Å². The molecule has 0 unspecified atom stereocenters. The van der Waals surface area contributed by atoms with Crippen LogP contribution >= 0.6 is 0 Å². The molecule has 0 spiro atoms. The number of halogens is 1. The van der Waals surface area contributed by atoms with Gasteiger partial charge in [0.25, 0.3) is 0 Å². The second-order valence-electron chi connectivity index (χ2n) is 5.42. The smallest absolute Gasteiger partial charge is 0.133 e. The van der Waals surface area contributed by atoms with Gasteiger partial charge in [-0.15, -0.1) is 0 Å². The topological polar surface area (TPSA) is 0 Å². The van der Waals surface area contributed by atoms with E-state index in [1.807, 2.05) is 58.0 Å². The average molecular weight is 270 g/mol. The first-order valence-corrected chi connectivity index (χ1v) is 6.84. The maximum Gasteiger partial charge on any atom is 0.133 e. The summed E-state index contributed by atoms with van der Waals surface area (Å²) in [5, 5.41) is 0. The van der Waals surface area contributed by atoms with E-state index in [0.29, 0.717) is 11.1 Å². The number of rotatable bonds is 5. The van der Waals surface area contributed by atoms with Crippen molar-refractivity contribution < 1.29 is 4.39 Å². The van der Waals surface area contributed by atoms with Crippen LogP contribution in [0.4, 0.5) is 4.39 Å². The van der Waals surface area contributed by atoms with Crippen LogP contribution in [-0.2, 0) is 0 Å². The molecular formula is C19H23F. The molecule has 20 heavy (non-hydrogen) atoms. The molecule has 106 valence electrons. The summed E-state index contributed by atoms with van der Waals surface area (Å²) < 4.78 is 14.8. The zero-order valence-electron chi connectivity index (χ0n) is 12.8. The van der Waals surface area contributed by atoms with E-state index < -0.39 is 0 Å². The highest BCUT2D eigenvalue weighted by atomic mass is 19.1. The molecule has 1 aromatic carbocycles. The first-order chi connectivity index (χ1) is 9.38. The van der Waals surface area contributed by atoms with Crippen molar-refractivity contribution in [3.8, 4) is 0 Å². The van der Waals surface area contributed by atoms with E-state index in [1.165, 1.54) is 0 Å². The Hall–Kier alpha value is -1.89. The molecule has 0 saturated carbocycles. The molecule has 0 aliphatic rings. The van der Waals surface area contributed by atoms with Crippen molar-refractivity contribution in [2.24, 2.45) is 5.92 Å². The molecule has 0 aliphatic heterocycles. The van der Waals surface area contributed by atoms with E-state index in [1.54, 1.807) is 6.08 Å². The SMILES string of the molecule is C=Cc1ccccc1C(=C)/C(F)=C(/C=C(C)C)C(C)C. The highest BCUT2D eigenvalue weighted by Crippen LogP contribution is 2.31. The van der Waals surface area contributed by atoms with Gasteiger partial charge in [0, 0.05) is 5.57 Å². The first-order valence-electron chi connectivity index (χ1n) is 6.84. The van der Waals surface area contributed by atoms with Crippen molar-refractivity contribution in [1.29, 1.82) is 0 Å². The monoisotopic (exact) mass is 270 g/mol. The predicted octanol–water partition coefficient (Wildman–Crippen LogP) is 6.19. The Kier molecular flexibility index (Phi) is 5.69. The molecule has 0 fully saturated rings. The summed E-state index contributed by atoms with van der Waals surface area (Å²) in [5.74, 6) is -0.131. The number of hydrogen-bond acceptors (Lipinski definition) is 0. The summed E-state index contributed by atoms with van der Waals surface area (Å²) in [6, 6.07) is 7.59. The second-order valence-corrected chi connectivity index (χ2v) is 5.42. The van der Waals surface area contributed by atoms with Gasteiger partial charge >= 0.3 is 0 Å². The van der Waals surface area contributed by atoms with Crippen LogP contribution in [0.5, 0.6) is 0 Å². The van der Waals surface area contributed by atoms with Crippen LogP contribution in [0.2, 0.25) is 0 Å². The minimum absolute atomic E-state index is 0.109. The van der Waals surface area contributed by atoms with Gasteiger partial charge in [0.05, 0.1) is 0 Å². The van der Waals surface area contributed by atoms with Gasteiger partial charge in [0.1, 0.15) is 5.83 Å². The lowest BCUT2D eigenvalue weighted by molar-refractivity contribution is 0.634. The Bertz CT molecular complexity index is 567. The third-order valence-electron chi connectivity index (χ3n) is 3.09. The molecule has 1 rings (SSSR count). The lowest BCUT2D eigenvalue weighted by Gasteiger charge is -2.14. The predicted molar refractivity (Wildman–Crippen MR) is 88.0 cm³/mol. The van der Waals surface area contributed by atoms with Crippen molar-refractivity contribution >= 4 is 11.6 Å². The van der Waals surface area contributed by atoms with E-state index in [9.17, 15) is 4.39 Å². The van der Waals surface area contributed by atoms with Crippen molar-refractivity contribution in [1.82, 2.24) is 0 Å². The van der Waals surface area contributed by atoms with Crippen LogP contribution in [0.25, 0.3) is 11.6 Å². The fourth-order valence-electron chi connectivity index (χ4n) is 2.04. The zero-order chi connectivity index (χ0) is 15.3. The third kappa shape index (κ3) is 3.80. The number of benzene rings is 1. The maximum absolute atomic E-state index is 14.8. The third-order valence-corrected chi connectivity index (χ3v) is 3.09. The number of hydrogen-bond donors (Lipinski definition) is 0. The molecule has 0 amide bonds. The molecule has 1 heteroatoms. The summed E-state index contributed by atoms with van der Waals surface area (Å²) in [6.07, 6.45) is 3.62. The fourth-order valence-corrected chi connectivity index (χ4v) is 2.04. The first kappa shape index (κ1) is 16.2. The Morgan fingerprint density at radius 3 is 2.30 bits per heavy atom. The lowest BCUT2D eigenvalue weighted by atomic mass is 9.93. The van der Waals surface area contributed by atoms with Crippen molar-refractivity contribution in [2.75, 3.05) is 0 Å². The molecule has 0 aromatic heterocycles. The van der Waals surface area contributed by atoms with Crippen LogP contribution in [0.15, 0.2) is 60.5 Å². The maximum atomic E-state index is 14.8. The van der Waals surface area contributed by atoms with Gasteiger partial charge in [0.15, 0.2) is 0 Å². The Labute approximate surface area is 122 Å². The van der Waals surface area contributed by atoms with Crippen LogP contribution in [0.1, 0.15) is 38.8 Å². The molecule has 0 bridgehead atoms.